The van der Waals surface area contributed by atoms with Crippen molar-refractivity contribution in [2.24, 2.45) is 0 Å². The molecule has 0 bridgehead atoms. The number of halogens is 1. The van der Waals surface area contributed by atoms with E-state index in [0.29, 0.717) is 42.0 Å². The van der Waals surface area contributed by atoms with Gasteiger partial charge in [0.25, 0.3) is 0 Å². The number of aromatic nitrogens is 1. The second-order valence-electron chi connectivity index (χ2n) is 9.74. The molecule has 1 aliphatic carbocycles. The minimum atomic E-state index is -0.319. The van der Waals surface area contributed by atoms with Gasteiger partial charge in [-0.2, -0.15) is 0 Å². The largest absolute Gasteiger partial charge is 0.508 e. The number of hydrogen-bond acceptors (Lipinski definition) is 7. The van der Waals surface area contributed by atoms with Crippen molar-refractivity contribution >= 4 is 41.0 Å². The summed E-state index contributed by atoms with van der Waals surface area (Å²) in [6.07, 6.45) is 5.75. The van der Waals surface area contributed by atoms with Crippen molar-refractivity contribution in [1.29, 1.82) is 0 Å². The smallest absolute Gasteiger partial charge is 0.340 e. The van der Waals surface area contributed by atoms with Crippen LogP contribution in [0.15, 0.2) is 35.2 Å². The summed E-state index contributed by atoms with van der Waals surface area (Å²) < 4.78 is 18.8. The number of likely N-dealkylation sites (tertiary alicyclic amines) is 1. The number of piperidine rings is 1. The molecule has 0 atom stereocenters. The van der Waals surface area contributed by atoms with Gasteiger partial charge in [-0.15, -0.1) is 24.2 Å². The van der Waals surface area contributed by atoms with Crippen LogP contribution in [0.3, 0.4) is 0 Å². The van der Waals surface area contributed by atoms with Crippen molar-refractivity contribution in [3.05, 3.63) is 47.2 Å². The number of fused-ring (bicyclic) bond motifs is 1. The third-order valence-electron chi connectivity index (χ3n) is 7.31. The van der Waals surface area contributed by atoms with Gasteiger partial charge in [0.2, 0.25) is 0 Å². The van der Waals surface area contributed by atoms with Crippen LogP contribution in [0.4, 0.5) is 0 Å². The molecule has 5 rings (SSSR count). The topological polar surface area (TPSA) is 73.2 Å². The molecule has 0 unspecified atom stereocenters. The third-order valence-corrected chi connectivity index (χ3v) is 8.31. The lowest BCUT2D eigenvalue weighted by molar-refractivity contribution is 0.0527. The van der Waals surface area contributed by atoms with E-state index < -0.39 is 0 Å². The van der Waals surface area contributed by atoms with Crippen LogP contribution in [0.1, 0.15) is 66.7 Å². The van der Waals surface area contributed by atoms with Gasteiger partial charge in [0.05, 0.1) is 26.4 Å². The van der Waals surface area contributed by atoms with Crippen molar-refractivity contribution in [2.45, 2.75) is 62.3 Å². The first-order chi connectivity index (χ1) is 18.0. The van der Waals surface area contributed by atoms with E-state index in [1.165, 1.54) is 6.42 Å². The van der Waals surface area contributed by atoms with Crippen LogP contribution in [0.5, 0.6) is 17.2 Å². The molecular weight excluding hydrogens is 524 g/mol. The number of hydrogen-bond donors (Lipinski definition) is 1. The van der Waals surface area contributed by atoms with E-state index in [2.05, 4.69) is 9.47 Å². The Bertz CT molecular complexity index is 1280. The van der Waals surface area contributed by atoms with E-state index in [0.717, 1.165) is 65.8 Å². The summed E-state index contributed by atoms with van der Waals surface area (Å²) in [5, 5.41) is 11.9. The number of rotatable bonds is 10. The number of carbonyl (C=O) groups is 1. The van der Waals surface area contributed by atoms with Crippen molar-refractivity contribution in [1.82, 2.24) is 9.47 Å². The SMILES string of the molecule is CCOC(=O)c1c(CSc2ccc(OC)c(OC)c2)n(C2CC2)c2ccc(O)c(CN3CCCCC3)c12.Cl. The Balaban J connectivity index is 0.00000336. The van der Waals surface area contributed by atoms with Crippen LogP contribution in [-0.4, -0.2) is 54.5 Å². The first-order valence-electron chi connectivity index (χ1n) is 13.2. The highest BCUT2D eigenvalue weighted by Crippen LogP contribution is 2.46. The maximum Gasteiger partial charge on any atom is 0.340 e. The number of phenolic OH excluding ortho intramolecular Hbond substituents is 1. The molecular formula is C29H37ClN2O5S. The number of nitrogens with zero attached hydrogens (tertiary/aromatic N) is 2. The second kappa shape index (κ2) is 12.5. The van der Waals surface area contributed by atoms with Gasteiger partial charge in [-0.3, -0.25) is 4.90 Å². The van der Waals surface area contributed by atoms with E-state index in [9.17, 15) is 9.90 Å². The molecule has 1 saturated carbocycles. The highest BCUT2D eigenvalue weighted by atomic mass is 35.5. The van der Waals surface area contributed by atoms with Crippen LogP contribution in [0, 0.1) is 0 Å². The number of ether oxygens (including phenoxy) is 3. The molecule has 1 aromatic heterocycles. The third kappa shape index (κ3) is 5.72. The Hall–Kier alpha value is -2.55. The molecule has 7 nitrogen and oxygen atoms in total. The number of benzene rings is 2. The van der Waals surface area contributed by atoms with Crippen LogP contribution in [-0.2, 0) is 17.0 Å². The fourth-order valence-electron chi connectivity index (χ4n) is 5.39. The van der Waals surface area contributed by atoms with Crippen molar-refractivity contribution in [3.8, 4) is 17.2 Å². The normalized spacial score (nSPS) is 15.8. The maximum absolute atomic E-state index is 13.5. The fraction of sp³-hybridized carbons (Fsp3) is 0.483. The molecule has 0 radical (unpaired) electrons. The summed E-state index contributed by atoms with van der Waals surface area (Å²) in [7, 11) is 3.26. The monoisotopic (exact) mass is 560 g/mol. The van der Waals surface area contributed by atoms with Gasteiger partial charge in [0.15, 0.2) is 11.5 Å². The zero-order valence-electron chi connectivity index (χ0n) is 22.3. The zero-order valence-corrected chi connectivity index (χ0v) is 24.0. The van der Waals surface area contributed by atoms with Crippen LogP contribution in [0.25, 0.3) is 10.9 Å². The quantitative estimate of drug-likeness (QED) is 0.222. The average Bonchev–Trinajstić information content (AvgIpc) is 3.70. The standard InChI is InChI=1S/C29H36N2O5S.ClH/c1-4-36-29(33)28-23(18-37-20-10-13-25(34-2)26(16-20)35-3)31(19-8-9-19)22-11-12-24(32)21(27(22)28)17-30-14-6-5-7-15-30;/h10-13,16,19,32H,4-9,14-15,17-18H2,1-3H3;1H. The lowest BCUT2D eigenvalue weighted by Crippen LogP contribution is -2.29. The predicted molar refractivity (Wildman–Crippen MR) is 153 cm³/mol. The fourth-order valence-corrected chi connectivity index (χ4v) is 6.33. The maximum atomic E-state index is 13.5. The Morgan fingerprint density at radius 3 is 2.45 bits per heavy atom. The van der Waals surface area contributed by atoms with Crippen molar-refractivity contribution < 1.29 is 24.1 Å². The Morgan fingerprint density at radius 2 is 1.79 bits per heavy atom. The molecule has 38 heavy (non-hydrogen) atoms. The molecule has 0 amide bonds. The molecule has 2 heterocycles. The number of phenols is 1. The van der Waals surface area contributed by atoms with E-state index in [4.69, 9.17) is 14.2 Å². The molecule has 206 valence electrons. The van der Waals surface area contributed by atoms with E-state index in [-0.39, 0.29) is 24.1 Å². The lowest BCUT2D eigenvalue weighted by atomic mass is 10.0. The van der Waals surface area contributed by atoms with Crippen molar-refractivity contribution in [2.75, 3.05) is 33.9 Å². The summed E-state index contributed by atoms with van der Waals surface area (Å²) >= 11 is 1.66. The van der Waals surface area contributed by atoms with Gasteiger partial charge in [-0.05, 0) is 76.0 Å². The summed E-state index contributed by atoms with van der Waals surface area (Å²) in [5.74, 6) is 1.88. The number of aromatic hydroxyl groups is 1. The van der Waals surface area contributed by atoms with Gasteiger partial charge in [-0.1, -0.05) is 6.42 Å². The average molecular weight is 561 g/mol. The van der Waals surface area contributed by atoms with Crippen LogP contribution in [0.2, 0.25) is 0 Å². The molecule has 1 aliphatic heterocycles. The molecule has 0 spiro atoms. The summed E-state index contributed by atoms with van der Waals surface area (Å²) in [5.41, 5.74) is 3.40. The number of methoxy groups -OCH3 is 2. The van der Waals surface area contributed by atoms with E-state index >= 15 is 0 Å². The molecule has 9 heteroatoms. The van der Waals surface area contributed by atoms with Gasteiger partial charge in [-0.25, -0.2) is 4.79 Å². The number of carbonyl (C=O) groups excluding carboxylic acids is 1. The van der Waals surface area contributed by atoms with Gasteiger partial charge in [0, 0.05) is 45.4 Å². The summed E-state index contributed by atoms with van der Waals surface area (Å²) in [4.78, 5) is 16.9. The summed E-state index contributed by atoms with van der Waals surface area (Å²) in [6, 6.07) is 9.99. The van der Waals surface area contributed by atoms with E-state index in [1.54, 1.807) is 32.0 Å². The van der Waals surface area contributed by atoms with Gasteiger partial charge < -0.3 is 23.9 Å². The predicted octanol–water partition coefficient (Wildman–Crippen LogP) is 6.58. The highest BCUT2D eigenvalue weighted by Gasteiger charge is 2.34. The Kier molecular flexibility index (Phi) is 9.39. The number of thioether (sulfide) groups is 1. The molecule has 1 N–H and O–H groups in total. The van der Waals surface area contributed by atoms with E-state index in [1.807, 2.05) is 31.2 Å². The lowest BCUT2D eigenvalue weighted by Gasteiger charge is -2.27. The summed E-state index contributed by atoms with van der Waals surface area (Å²) in [6.45, 7) is 4.79. The minimum Gasteiger partial charge on any atom is -0.508 e. The Labute approximate surface area is 234 Å². The second-order valence-corrected chi connectivity index (χ2v) is 10.8. The first kappa shape index (κ1) is 28.5. The zero-order chi connectivity index (χ0) is 25.9. The van der Waals surface area contributed by atoms with Crippen LogP contribution < -0.4 is 9.47 Å². The Morgan fingerprint density at radius 1 is 1.05 bits per heavy atom. The first-order valence-corrected chi connectivity index (χ1v) is 14.2. The number of esters is 1. The molecule has 2 fully saturated rings. The van der Waals surface area contributed by atoms with Crippen LogP contribution >= 0.6 is 24.2 Å². The minimum absolute atomic E-state index is 0. The van der Waals surface area contributed by atoms with Gasteiger partial charge in [0.1, 0.15) is 5.75 Å². The van der Waals surface area contributed by atoms with Gasteiger partial charge >= 0.3 is 5.97 Å². The highest BCUT2D eigenvalue weighted by molar-refractivity contribution is 7.98. The molecule has 2 aliphatic rings. The molecule has 2 aromatic carbocycles. The molecule has 3 aromatic rings. The van der Waals surface area contributed by atoms with Crippen molar-refractivity contribution in [3.63, 3.8) is 0 Å². The molecule has 1 saturated heterocycles.